The number of carbonyl (C=O) groups excluding carboxylic acids is 1. The molecule has 1 aromatic rings. The van der Waals surface area contributed by atoms with Crippen LogP contribution in [0.15, 0.2) is 12.3 Å². The lowest BCUT2D eigenvalue weighted by Crippen LogP contribution is -2.08. The van der Waals surface area contributed by atoms with E-state index in [1.807, 2.05) is 0 Å². The van der Waals surface area contributed by atoms with Crippen molar-refractivity contribution in [3.05, 3.63) is 18.0 Å². The molecule has 0 saturated heterocycles. The number of nitrogens with zero attached hydrogens (tertiary/aromatic N) is 2. The van der Waals surface area contributed by atoms with E-state index >= 15 is 0 Å². The monoisotopic (exact) mass is 176 g/mol. The Morgan fingerprint density at radius 3 is 3.00 bits per heavy atom. The first-order valence-electron chi connectivity index (χ1n) is 3.54. The zero-order valence-corrected chi connectivity index (χ0v) is 6.82. The van der Waals surface area contributed by atoms with E-state index in [-0.39, 0.29) is 12.4 Å². The second kappa shape index (κ2) is 4.07. The summed E-state index contributed by atoms with van der Waals surface area (Å²) in [4.78, 5) is 17.8. The fourth-order valence-electron chi connectivity index (χ4n) is 0.665. The summed E-state index contributed by atoms with van der Waals surface area (Å²) in [5.74, 6) is 4.89. The van der Waals surface area contributed by atoms with Gasteiger partial charge in [0.15, 0.2) is 0 Å². The molecule has 0 bridgehead atoms. The van der Waals surface area contributed by atoms with Crippen molar-refractivity contribution in [2.45, 2.75) is 6.42 Å². The van der Waals surface area contributed by atoms with E-state index in [9.17, 15) is 4.79 Å². The maximum Gasteiger partial charge on any atom is 0.229 e. The van der Waals surface area contributed by atoms with Crippen LogP contribution in [0.5, 0.6) is 0 Å². The van der Waals surface area contributed by atoms with Gasteiger partial charge in [0, 0.05) is 6.20 Å². The zero-order valence-electron chi connectivity index (χ0n) is 6.82. The van der Waals surface area contributed by atoms with Gasteiger partial charge in [0.1, 0.15) is 5.69 Å². The first-order chi connectivity index (χ1) is 6.18. The van der Waals surface area contributed by atoms with Gasteiger partial charge in [0.2, 0.25) is 11.9 Å². The van der Waals surface area contributed by atoms with Crippen LogP contribution in [0.1, 0.15) is 12.1 Å². The lowest BCUT2D eigenvalue weighted by molar-refractivity contribution is -0.117. The standard InChI is InChI=1S/C8H8N4O/c9-7(13)3-1-2-6-4-5-11-8(10)12-6/h4-5H,3H2,(H2,9,13)(H2,10,11,12). The quantitative estimate of drug-likeness (QED) is 0.552. The predicted octanol–water partition coefficient (Wildman–Crippen LogP) is -0.714. The molecule has 0 aliphatic rings. The van der Waals surface area contributed by atoms with Gasteiger partial charge in [-0.05, 0) is 12.0 Å². The zero-order chi connectivity index (χ0) is 9.68. The fourth-order valence-corrected chi connectivity index (χ4v) is 0.665. The van der Waals surface area contributed by atoms with Crippen LogP contribution in [0.4, 0.5) is 5.95 Å². The summed E-state index contributed by atoms with van der Waals surface area (Å²) < 4.78 is 0. The first-order valence-corrected chi connectivity index (χ1v) is 3.54. The number of rotatable bonds is 1. The highest BCUT2D eigenvalue weighted by Crippen LogP contribution is 1.93. The molecule has 0 fully saturated rings. The predicted molar refractivity (Wildman–Crippen MR) is 47.1 cm³/mol. The third kappa shape index (κ3) is 3.20. The molecule has 1 aromatic heterocycles. The van der Waals surface area contributed by atoms with Gasteiger partial charge in [-0.3, -0.25) is 4.79 Å². The average molecular weight is 176 g/mol. The molecule has 1 rings (SSSR count). The Balaban J connectivity index is 2.72. The molecule has 66 valence electrons. The topological polar surface area (TPSA) is 94.9 Å². The lowest BCUT2D eigenvalue weighted by atomic mass is 10.3. The number of nitrogen functional groups attached to an aromatic ring is 1. The van der Waals surface area contributed by atoms with Crippen molar-refractivity contribution in [2.75, 3.05) is 5.73 Å². The molecule has 0 unspecified atom stereocenters. The summed E-state index contributed by atoms with van der Waals surface area (Å²) in [6.07, 6.45) is 1.51. The van der Waals surface area contributed by atoms with Gasteiger partial charge in [-0.1, -0.05) is 5.92 Å². The molecule has 1 amide bonds. The Labute approximate surface area is 75.2 Å². The largest absolute Gasteiger partial charge is 0.369 e. The van der Waals surface area contributed by atoms with E-state index in [1.165, 1.54) is 6.20 Å². The van der Waals surface area contributed by atoms with E-state index in [0.29, 0.717) is 5.69 Å². The van der Waals surface area contributed by atoms with Gasteiger partial charge >= 0.3 is 0 Å². The molecular weight excluding hydrogens is 168 g/mol. The van der Waals surface area contributed by atoms with Crippen molar-refractivity contribution in [3.8, 4) is 11.8 Å². The van der Waals surface area contributed by atoms with Gasteiger partial charge in [-0.15, -0.1) is 0 Å². The number of hydrogen-bond donors (Lipinski definition) is 2. The summed E-state index contributed by atoms with van der Waals surface area (Å²) in [7, 11) is 0. The lowest BCUT2D eigenvalue weighted by Gasteiger charge is -1.90. The number of aromatic nitrogens is 2. The SMILES string of the molecule is NC(=O)CC#Cc1ccnc(N)n1. The van der Waals surface area contributed by atoms with E-state index in [0.717, 1.165) is 0 Å². The van der Waals surface area contributed by atoms with Crippen molar-refractivity contribution >= 4 is 11.9 Å². The molecule has 0 aliphatic carbocycles. The van der Waals surface area contributed by atoms with Crippen LogP contribution in [0.2, 0.25) is 0 Å². The van der Waals surface area contributed by atoms with E-state index in [4.69, 9.17) is 11.5 Å². The molecule has 0 atom stereocenters. The first kappa shape index (κ1) is 9.00. The van der Waals surface area contributed by atoms with Crippen LogP contribution >= 0.6 is 0 Å². The summed E-state index contributed by atoms with van der Waals surface area (Å²) >= 11 is 0. The summed E-state index contributed by atoms with van der Waals surface area (Å²) in [6, 6.07) is 1.60. The number of anilines is 1. The Hall–Kier alpha value is -2.09. The number of amides is 1. The van der Waals surface area contributed by atoms with E-state index in [1.54, 1.807) is 6.07 Å². The summed E-state index contributed by atoms with van der Waals surface area (Å²) in [5, 5.41) is 0. The van der Waals surface area contributed by atoms with Crippen LogP contribution in [0.25, 0.3) is 0 Å². The highest BCUT2D eigenvalue weighted by molar-refractivity contribution is 5.76. The van der Waals surface area contributed by atoms with E-state index < -0.39 is 5.91 Å². The Morgan fingerprint density at radius 1 is 1.62 bits per heavy atom. The second-order valence-electron chi connectivity index (χ2n) is 2.24. The van der Waals surface area contributed by atoms with Crippen LogP contribution in [0, 0.1) is 11.8 Å². The van der Waals surface area contributed by atoms with Crippen LogP contribution in [-0.2, 0) is 4.79 Å². The number of carbonyl (C=O) groups is 1. The Morgan fingerprint density at radius 2 is 2.38 bits per heavy atom. The molecule has 1 heterocycles. The summed E-state index contributed by atoms with van der Waals surface area (Å²) in [6.45, 7) is 0. The molecule has 0 aliphatic heterocycles. The highest BCUT2D eigenvalue weighted by atomic mass is 16.1. The van der Waals surface area contributed by atoms with Gasteiger partial charge in [-0.2, -0.15) is 0 Å². The second-order valence-corrected chi connectivity index (χ2v) is 2.24. The van der Waals surface area contributed by atoms with Crippen molar-refractivity contribution < 1.29 is 4.79 Å². The fraction of sp³-hybridized carbons (Fsp3) is 0.125. The minimum absolute atomic E-state index is 0.0178. The Kier molecular flexibility index (Phi) is 2.82. The van der Waals surface area contributed by atoms with Crippen LogP contribution < -0.4 is 11.5 Å². The molecule has 0 aromatic carbocycles. The van der Waals surface area contributed by atoms with Crippen LogP contribution in [-0.4, -0.2) is 15.9 Å². The van der Waals surface area contributed by atoms with Gasteiger partial charge in [-0.25, -0.2) is 9.97 Å². The molecule has 4 N–H and O–H groups in total. The molecule has 5 nitrogen and oxygen atoms in total. The molecule has 0 radical (unpaired) electrons. The third-order valence-electron chi connectivity index (χ3n) is 1.15. The number of hydrogen-bond acceptors (Lipinski definition) is 4. The maximum atomic E-state index is 10.3. The summed E-state index contributed by atoms with van der Waals surface area (Å²) in [5.41, 5.74) is 10.7. The van der Waals surface area contributed by atoms with Gasteiger partial charge < -0.3 is 11.5 Å². The molecule has 0 spiro atoms. The van der Waals surface area contributed by atoms with E-state index in [2.05, 4.69) is 21.8 Å². The molecule has 5 heteroatoms. The average Bonchev–Trinajstić information content (AvgIpc) is 2.03. The van der Waals surface area contributed by atoms with Crippen molar-refractivity contribution in [3.63, 3.8) is 0 Å². The minimum atomic E-state index is -0.463. The van der Waals surface area contributed by atoms with Gasteiger partial charge in [0.05, 0.1) is 6.42 Å². The minimum Gasteiger partial charge on any atom is -0.369 e. The number of primary amides is 1. The highest BCUT2D eigenvalue weighted by Gasteiger charge is 1.90. The normalized spacial score (nSPS) is 8.62. The molecule has 13 heavy (non-hydrogen) atoms. The molecule has 0 saturated carbocycles. The third-order valence-corrected chi connectivity index (χ3v) is 1.15. The van der Waals surface area contributed by atoms with Crippen LogP contribution in [0.3, 0.4) is 0 Å². The Bertz CT molecular complexity index is 377. The van der Waals surface area contributed by atoms with Crippen molar-refractivity contribution in [1.82, 2.24) is 9.97 Å². The molecular formula is C8H8N4O. The van der Waals surface area contributed by atoms with Gasteiger partial charge in [0.25, 0.3) is 0 Å². The van der Waals surface area contributed by atoms with Crippen molar-refractivity contribution in [1.29, 1.82) is 0 Å². The maximum absolute atomic E-state index is 10.3. The number of nitrogens with two attached hydrogens (primary N) is 2. The van der Waals surface area contributed by atoms with Crippen molar-refractivity contribution in [2.24, 2.45) is 5.73 Å². The smallest absolute Gasteiger partial charge is 0.229 e.